The molecular formula is C9H7. The van der Waals surface area contributed by atoms with E-state index in [0.29, 0.717) is 11.8 Å². The van der Waals surface area contributed by atoms with Crippen LogP contribution in [0, 0.1) is 24.2 Å². The Bertz CT molecular complexity index is 225. The van der Waals surface area contributed by atoms with E-state index in [1.165, 1.54) is 6.42 Å². The molecule has 0 aromatic rings. The summed E-state index contributed by atoms with van der Waals surface area (Å²) in [4.78, 5) is 0. The Hall–Kier alpha value is -0.960. The van der Waals surface area contributed by atoms with E-state index < -0.39 is 0 Å². The Morgan fingerprint density at radius 1 is 1.56 bits per heavy atom. The lowest BCUT2D eigenvalue weighted by atomic mass is 10.0. The summed E-state index contributed by atoms with van der Waals surface area (Å²) in [6.07, 6.45) is 14.6. The van der Waals surface area contributed by atoms with Crippen molar-refractivity contribution in [3.63, 3.8) is 0 Å². The average Bonchev–Trinajstić information content (AvgIpc) is 2.45. The zero-order valence-electron chi connectivity index (χ0n) is 5.09. The van der Waals surface area contributed by atoms with Crippen LogP contribution in [0.25, 0.3) is 0 Å². The van der Waals surface area contributed by atoms with Gasteiger partial charge in [-0.15, -0.1) is 0 Å². The third kappa shape index (κ3) is 0.549. The van der Waals surface area contributed by atoms with E-state index in [9.17, 15) is 0 Å². The summed E-state index contributed by atoms with van der Waals surface area (Å²) < 4.78 is 0. The van der Waals surface area contributed by atoms with Crippen LogP contribution in [0.5, 0.6) is 0 Å². The second-order valence-electron chi connectivity index (χ2n) is 2.64. The number of hydrogen-bond donors (Lipinski definition) is 0. The highest BCUT2D eigenvalue weighted by molar-refractivity contribution is 5.39. The van der Waals surface area contributed by atoms with Crippen LogP contribution in [0.4, 0.5) is 0 Å². The van der Waals surface area contributed by atoms with Crippen molar-refractivity contribution in [1.29, 1.82) is 0 Å². The second-order valence-corrected chi connectivity index (χ2v) is 2.64. The molecule has 0 saturated heterocycles. The Morgan fingerprint density at radius 3 is 2.78 bits per heavy atom. The molecule has 9 heavy (non-hydrogen) atoms. The first-order chi connectivity index (χ1) is 4.40. The van der Waals surface area contributed by atoms with Crippen molar-refractivity contribution in [2.24, 2.45) is 11.8 Å². The first kappa shape index (κ1) is 4.88. The quantitative estimate of drug-likeness (QED) is 0.333. The highest BCUT2D eigenvalue weighted by atomic mass is 14.3. The molecule has 0 aliphatic heterocycles. The fourth-order valence-corrected chi connectivity index (χ4v) is 1.57. The van der Waals surface area contributed by atoms with Crippen LogP contribution in [0.15, 0.2) is 23.8 Å². The number of allylic oxidation sites excluding steroid dienone is 4. The van der Waals surface area contributed by atoms with E-state index in [2.05, 4.69) is 24.1 Å². The lowest BCUT2D eigenvalue weighted by molar-refractivity contribution is 0.723. The molecule has 0 spiro atoms. The van der Waals surface area contributed by atoms with Crippen molar-refractivity contribution >= 4 is 0 Å². The van der Waals surface area contributed by atoms with Gasteiger partial charge in [0, 0.05) is 11.5 Å². The van der Waals surface area contributed by atoms with Gasteiger partial charge in [0.2, 0.25) is 0 Å². The SMILES string of the molecule is [C]#CC1=CC2C=CC1C2. The Labute approximate surface area is 55.3 Å². The minimum atomic E-state index is 0.535. The molecule has 2 bridgehead atoms. The summed E-state index contributed by atoms with van der Waals surface area (Å²) in [5, 5.41) is 0. The lowest BCUT2D eigenvalue weighted by Gasteiger charge is -1.98. The van der Waals surface area contributed by atoms with Crippen molar-refractivity contribution in [2.45, 2.75) is 6.42 Å². The molecular weight excluding hydrogens is 108 g/mol. The molecule has 0 aromatic carbocycles. The minimum absolute atomic E-state index is 0.535. The molecule has 2 aliphatic carbocycles. The van der Waals surface area contributed by atoms with E-state index in [-0.39, 0.29) is 0 Å². The topological polar surface area (TPSA) is 0 Å². The molecule has 2 unspecified atom stereocenters. The molecule has 2 rings (SSSR count). The molecule has 0 aromatic heterocycles. The van der Waals surface area contributed by atoms with E-state index in [4.69, 9.17) is 6.42 Å². The van der Waals surface area contributed by atoms with Crippen LogP contribution in [0.2, 0.25) is 0 Å². The monoisotopic (exact) mass is 115 g/mol. The third-order valence-electron chi connectivity index (χ3n) is 2.05. The van der Waals surface area contributed by atoms with Crippen LogP contribution in [0.1, 0.15) is 6.42 Å². The van der Waals surface area contributed by atoms with Crippen molar-refractivity contribution < 1.29 is 0 Å². The molecule has 0 fully saturated rings. The summed E-state index contributed by atoms with van der Waals surface area (Å²) in [6, 6.07) is 0. The van der Waals surface area contributed by atoms with Gasteiger partial charge in [-0.05, 0) is 18.8 Å². The van der Waals surface area contributed by atoms with Gasteiger partial charge in [0.15, 0.2) is 0 Å². The highest BCUT2D eigenvalue weighted by Gasteiger charge is 2.26. The summed E-state index contributed by atoms with van der Waals surface area (Å²) in [6.45, 7) is 0. The summed E-state index contributed by atoms with van der Waals surface area (Å²) in [7, 11) is 0. The number of fused-ring (bicyclic) bond motifs is 2. The van der Waals surface area contributed by atoms with E-state index in [1.807, 2.05) is 0 Å². The number of hydrogen-bond acceptors (Lipinski definition) is 0. The maximum absolute atomic E-state index is 6.90. The van der Waals surface area contributed by atoms with Gasteiger partial charge < -0.3 is 0 Å². The molecule has 43 valence electrons. The van der Waals surface area contributed by atoms with Gasteiger partial charge in [-0.2, -0.15) is 0 Å². The Kier molecular flexibility index (Phi) is 0.818. The molecule has 0 heteroatoms. The van der Waals surface area contributed by atoms with E-state index in [1.54, 1.807) is 0 Å². The van der Waals surface area contributed by atoms with E-state index in [0.717, 1.165) is 5.57 Å². The first-order valence-corrected chi connectivity index (χ1v) is 3.23. The van der Waals surface area contributed by atoms with Gasteiger partial charge in [-0.3, -0.25) is 0 Å². The largest absolute Gasteiger partial charge is 0.0809 e. The molecule has 0 N–H and O–H groups in total. The predicted molar refractivity (Wildman–Crippen MR) is 36.0 cm³/mol. The number of rotatable bonds is 0. The molecule has 0 saturated carbocycles. The van der Waals surface area contributed by atoms with Gasteiger partial charge in [-0.25, -0.2) is 0 Å². The molecule has 1 radical (unpaired) electrons. The fraction of sp³-hybridized carbons (Fsp3) is 0.333. The smallest absolute Gasteiger partial charge is 0.0104 e. The van der Waals surface area contributed by atoms with Crippen LogP contribution in [0.3, 0.4) is 0 Å². The molecule has 0 heterocycles. The van der Waals surface area contributed by atoms with Gasteiger partial charge >= 0.3 is 0 Å². The molecule has 2 aliphatic rings. The van der Waals surface area contributed by atoms with Crippen LogP contribution >= 0.6 is 0 Å². The van der Waals surface area contributed by atoms with Gasteiger partial charge in [0.1, 0.15) is 0 Å². The second kappa shape index (κ2) is 1.51. The lowest BCUT2D eigenvalue weighted by Crippen LogP contribution is -1.88. The van der Waals surface area contributed by atoms with Gasteiger partial charge in [0.05, 0.1) is 0 Å². The Balaban J connectivity index is 2.35. The normalized spacial score (nSPS) is 36.6. The minimum Gasteiger partial charge on any atom is -0.0809 e. The summed E-state index contributed by atoms with van der Waals surface area (Å²) in [5.41, 5.74) is 1.09. The maximum Gasteiger partial charge on any atom is 0.0104 e. The highest BCUT2D eigenvalue weighted by Crippen LogP contribution is 2.37. The van der Waals surface area contributed by atoms with Gasteiger partial charge in [0.25, 0.3) is 0 Å². The molecule has 0 amide bonds. The standard InChI is InChI=1S/C9H7/c1-2-8-5-7-3-4-9(8)6-7/h3-5,7,9H,6H2. The van der Waals surface area contributed by atoms with Crippen LogP contribution in [-0.2, 0) is 0 Å². The molecule has 0 nitrogen and oxygen atoms in total. The van der Waals surface area contributed by atoms with Crippen molar-refractivity contribution in [1.82, 2.24) is 0 Å². The van der Waals surface area contributed by atoms with Crippen molar-refractivity contribution in [3.8, 4) is 5.92 Å². The summed E-state index contributed by atoms with van der Waals surface area (Å²) >= 11 is 0. The predicted octanol–water partition coefficient (Wildman–Crippen LogP) is 1.71. The van der Waals surface area contributed by atoms with Gasteiger partial charge in [-0.1, -0.05) is 24.1 Å². The van der Waals surface area contributed by atoms with Crippen LogP contribution < -0.4 is 0 Å². The first-order valence-electron chi connectivity index (χ1n) is 3.23. The van der Waals surface area contributed by atoms with Crippen LogP contribution in [-0.4, -0.2) is 0 Å². The van der Waals surface area contributed by atoms with E-state index >= 15 is 0 Å². The summed E-state index contributed by atoms with van der Waals surface area (Å²) in [5.74, 6) is 3.62. The third-order valence-corrected chi connectivity index (χ3v) is 2.05. The van der Waals surface area contributed by atoms with Crippen molar-refractivity contribution in [2.75, 3.05) is 0 Å². The maximum atomic E-state index is 6.90. The zero-order valence-corrected chi connectivity index (χ0v) is 5.09. The zero-order chi connectivity index (χ0) is 6.27. The average molecular weight is 115 g/mol. The van der Waals surface area contributed by atoms with Crippen molar-refractivity contribution in [3.05, 3.63) is 30.2 Å². The molecule has 2 atom stereocenters. The fourth-order valence-electron chi connectivity index (χ4n) is 1.57. The Morgan fingerprint density at radius 2 is 2.44 bits per heavy atom.